The van der Waals surface area contributed by atoms with E-state index in [4.69, 9.17) is 15.6 Å². The molecule has 0 aromatic carbocycles. The maximum absolute atomic E-state index is 11.8. The van der Waals surface area contributed by atoms with Crippen molar-refractivity contribution in [3.63, 3.8) is 0 Å². The highest BCUT2D eigenvalue weighted by atomic mass is 16.5. The van der Waals surface area contributed by atoms with Crippen LogP contribution in [0.25, 0.3) is 0 Å². The maximum Gasteiger partial charge on any atom is 0.326 e. The molecule has 16 heavy (non-hydrogen) atoms. The molecule has 1 fully saturated rings. The molecule has 3 N–H and O–H groups in total. The minimum absolute atomic E-state index is 0.214. The Morgan fingerprint density at radius 3 is 2.69 bits per heavy atom. The van der Waals surface area contributed by atoms with Crippen LogP contribution >= 0.6 is 0 Å². The van der Waals surface area contributed by atoms with Crippen LogP contribution in [0.3, 0.4) is 0 Å². The standard InChI is InChI=1S/C10H18N2O4/c1-3-7(11)9(13)12-5-6(16-2)4-8(12)10(14)15/h6-8H,3-5,11H2,1-2H3,(H,14,15). The van der Waals surface area contributed by atoms with Gasteiger partial charge in [-0.2, -0.15) is 0 Å². The van der Waals surface area contributed by atoms with E-state index in [-0.39, 0.29) is 12.0 Å². The molecule has 0 radical (unpaired) electrons. The molecular weight excluding hydrogens is 212 g/mol. The minimum Gasteiger partial charge on any atom is -0.480 e. The van der Waals surface area contributed by atoms with E-state index in [2.05, 4.69) is 0 Å². The summed E-state index contributed by atoms with van der Waals surface area (Å²) >= 11 is 0. The van der Waals surface area contributed by atoms with Crippen molar-refractivity contribution in [2.45, 2.75) is 38.0 Å². The van der Waals surface area contributed by atoms with E-state index in [9.17, 15) is 9.59 Å². The van der Waals surface area contributed by atoms with Crippen molar-refractivity contribution in [2.75, 3.05) is 13.7 Å². The average molecular weight is 230 g/mol. The van der Waals surface area contributed by atoms with Crippen molar-refractivity contribution < 1.29 is 19.4 Å². The van der Waals surface area contributed by atoms with Crippen molar-refractivity contribution >= 4 is 11.9 Å². The predicted molar refractivity (Wildman–Crippen MR) is 56.8 cm³/mol. The van der Waals surface area contributed by atoms with Crippen molar-refractivity contribution in [3.05, 3.63) is 0 Å². The summed E-state index contributed by atoms with van der Waals surface area (Å²) in [6, 6.07) is -1.44. The molecule has 1 aliphatic heterocycles. The van der Waals surface area contributed by atoms with Gasteiger partial charge in [0.25, 0.3) is 0 Å². The second-order valence-electron chi connectivity index (χ2n) is 3.95. The van der Waals surface area contributed by atoms with Gasteiger partial charge in [-0.25, -0.2) is 4.79 Å². The van der Waals surface area contributed by atoms with Gasteiger partial charge in [-0.3, -0.25) is 4.79 Å². The van der Waals surface area contributed by atoms with Gasteiger partial charge in [-0.05, 0) is 6.42 Å². The number of nitrogens with zero attached hydrogens (tertiary/aromatic N) is 1. The Labute approximate surface area is 94.3 Å². The van der Waals surface area contributed by atoms with Crippen LogP contribution in [0, 0.1) is 0 Å². The third kappa shape index (κ3) is 2.51. The summed E-state index contributed by atoms with van der Waals surface area (Å²) in [5.41, 5.74) is 5.62. The monoisotopic (exact) mass is 230 g/mol. The molecule has 92 valence electrons. The number of methoxy groups -OCH3 is 1. The predicted octanol–water partition coefficient (Wildman–Crippen LogP) is -0.576. The molecule has 1 saturated heterocycles. The van der Waals surface area contributed by atoms with Crippen LogP contribution in [0.5, 0.6) is 0 Å². The number of carboxylic acids is 1. The summed E-state index contributed by atoms with van der Waals surface area (Å²) < 4.78 is 5.09. The highest BCUT2D eigenvalue weighted by Gasteiger charge is 2.40. The molecule has 0 bridgehead atoms. The second kappa shape index (κ2) is 5.27. The van der Waals surface area contributed by atoms with Crippen LogP contribution in [0.1, 0.15) is 19.8 Å². The maximum atomic E-state index is 11.8. The van der Waals surface area contributed by atoms with Gasteiger partial charge in [0.2, 0.25) is 5.91 Å². The largest absolute Gasteiger partial charge is 0.480 e. The third-order valence-corrected chi connectivity index (χ3v) is 2.92. The number of amides is 1. The summed E-state index contributed by atoms with van der Waals surface area (Å²) in [6.07, 6.45) is 0.613. The van der Waals surface area contributed by atoms with E-state index in [1.807, 2.05) is 0 Å². The van der Waals surface area contributed by atoms with Crippen LogP contribution in [-0.2, 0) is 14.3 Å². The lowest BCUT2D eigenvalue weighted by Crippen LogP contribution is -2.48. The highest BCUT2D eigenvalue weighted by molar-refractivity contribution is 5.87. The minimum atomic E-state index is -1.00. The summed E-state index contributed by atoms with van der Waals surface area (Å²) in [4.78, 5) is 24.1. The molecule has 6 heteroatoms. The number of aliphatic carboxylic acids is 1. The Bertz CT molecular complexity index is 282. The first-order valence-corrected chi connectivity index (χ1v) is 5.32. The molecule has 6 nitrogen and oxygen atoms in total. The Morgan fingerprint density at radius 1 is 1.62 bits per heavy atom. The summed E-state index contributed by atoms with van der Waals surface area (Å²) in [5, 5.41) is 9.01. The van der Waals surface area contributed by atoms with Crippen LogP contribution < -0.4 is 5.73 Å². The van der Waals surface area contributed by atoms with Crippen LogP contribution in [0.4, 0.5) is 0 Å². The Balaban J connectivity index is 2.76. The Hall–Kier alpha value is -1.14. The average Bonchev–Trinajstić information content (AvgIpc) is 2.71. The van der Waals surface area contributed by atoms with Gasteiger partial charge in [0.1, 0.15) is 6.04 Å². The fourth-order valence-electron chi connectivity index (χ4n) is 1.83. The fraction of sp³-hybridized carbons (Fsp3) is 0.800. The van der Waals surface area contributed by atoms with Gasteiger partial charge in [-0.15, -0.1) is 0 Å². The first kappa shape index (κ1) is 12.9. The molecule has 0 aromatic rings. The molecule has 1 aliphatic rings. The van der Waals surface area contributed by atoms with E-state index in [0.717, 1.165) is 0 Å². The van der Waals surface area contributed by atoms with E-state index >= 15 is 0 Å². The molecule has 0 aromatic heterocycles. The van der Waals surface area contributed by atoms with Gasteiger partial charge < -0.3 is 20.5 Å². The molecule has 0 spiro atoms. The normalized spacial score (nSPS) is 26.8. The second-order valence-corrected chi connectivity index (χ2v) is 3.95. The number of likely N-dealkylation sites (tertiary alicyclic amines) is 1. The van der Waals surface area contributed by atoms with E-state index < -0.39 is 18.1 Å². The first-order valence-electron chi connectivity index (χ1n) is 5.32. The zero-order chi connectivity index (χ0) is 12.3. The molecule has 3 atom stereocenters. The van der Waals surface area contributed by atoms with Gasteiger partial charge in [0.15, 0.2) is 0 Å². The Kier molecular flexibility index (Phi) is 4.26. The third-order valence-electron chi connectivity index (χ3n) is 2.92. The number of nitrogens with two attached hydrogens (primary N) is 1. The number of carbonyl (C=O) groups is 2. The Morgan fingerprint density at radius 2 is 2.25 bits per heavy atom. The number of hydrogen-bond acceptors (Lipinski definition) is 4. The lowest BCUT2D eigenvalue weighted by atomic mass is 10.1. The summed E-state index contributed by atoms with van der Waals surface area (Å²) in [5.74, 6) is -1.31. The van der Waals surface area contributed by atoms with E-state index in [1.54, 1.807) is 6.92 Å². The first-order chi connectivity index (χ1) is 7.51. The van der Waals surface area contributed by atoms with Crippen molar-refractivity contribution in [3.8, 4) is 0 Å². The number of carboxylic acid groups (broad SMARTS) is 1. The van der Waals surface area contributed by atoms with Gasteiger partial charge in [0.05, 0.1) is 12.1 Å². The summed E-state index contributed by atoms with van der Waals surface area (Å²) in [7, 11) is 1.51. The molecular formula is C10H18N2O4. The van der Waals surface area contributed by atoms with Crippen LogP contribution in [-0.4, -0.2) is 53.7 Å². The smallest absolute Gasteiger partial charge is 0.326 e. The quantitative estimate of drug-likeness (QED) is 0.674. The number of ether oxygens (including phenoxy) is 1. The van der Waals surface area contributed by atoms with Crippen molar-refractivity contribution in [1.29, 1.82) is 0 Å². The summed E-state index contributed by atoms with van der Waals surface area (Å²) in [6.45, 7) is 2.10. The zero-order valence-corrected chi connectivity index (χ0v) is 9.55. The molecule has 1 amide bonds. The number of rotatable bonds is 4. The molecule has 0 saturated carbocycles. The van der Waals surface area contributed by atoms with Gasteiger partial charge in [0, 0.05) is 20.1 Å². The fourth-order valence-corrected chi connectivity index (χ4v) is 1.83. The lowest BCUT2D eigenvalue weighted by molar-refractivity contribution is -0.148. The molecule has 1 heterocycles. The number of hydrogen-bond donors (Lipinski definition) is 2. The van der Waals surface area contributed by atoms with Crippen molar-refractivity contribution in [1.82, 2.24) is 4.90 Å². The zero-order valence-electron chi connectivity index (χ0n) is 9.55. The molecule has 3 unspecified atom stereocenters. The van der Waals surface area contributed by atoms with E-state index in [0.29, 0.717) is 19.4 Å². The van der Waals surface area contributed by atoms with Gasteiger partial charge >= 0.3 is 5.97 Å². The molecule has 0 aliphatic carbocycles. The lowest BCUT2D eigenvalue weighted by Gasteiger charge is -2.23. The van der Waals surface area contributed by atoms with Crippen LogP contribution in [0.15, 0.2) is 0 Å². The number of carbonyl (C=O) groups excluding carboxylic acids is 1. The van der Waals surface area contributed by atoms with E-state index in [1.165, 1.54) is 12.0 Å². The van der Waals surface area contributed by atoms with Crippen molar-refractivity contribution in [2.24, 2.45) is 5.73 Å². The van der Waals surface area contributed by atoms with Gasteiger partial charge in [-0.1, -0.05) is 6.92 Å². The topological polar surface area (TPSA) is 92.9 Å². The SMILES string of the molecule is CCC(N)C(=O)N1CC(OC)CC1C(=O)O. The highest BCUT2D eigenvalue weighted by Crippen LogP contribution is 2.21. The molecule has 1 rings (SSSR count). The van der Waals surface area contributed by atoms with Crippen LogP contribution in [0.2, 0.25) is 0 Å².